The van der Waals surface area contributed by atoms with E-state index in [1.165, 1.54) is 0 Å². The number of hydrogen-bond donors (Lipinski definition) is 2. The zero-order valence-electron chi connectivity index (χ0n) is 13.4. The topological polar surface area (TPSA) is 78.9 Å². The lowest BCUT2D eigenvalue weighted by Gasteiger charge is -2.34. The number of esters is 1. The van der Waals surface area contributed by atoms with Crippen molar-refractivity contribution in [1.29, 1.82) is 0 Å². The van der Waals surface area contributed by atoms with Crippen molar-refractivity contribution >= 4 is 11.9 Å². The van der Waals surface area contributed by atoms with Crippen LogP contribution < -0.4 is 5.32 Å². The third-order valence-electron chi connectivity index (χ3n) is 3.39. The maximum atomic E-state index is 11.6. The van der Waals surface area contributed by atoms with E-state index in [9.17, 15) is 9.59 Å². The van der Waals surface area contributed by atoms with Gasteiger partial charge in [0.25, 0.3) is 0 Å². The molecule has 21 heavy (non-hydrogen) atoms. The monoisotopic (exact) mass is 300 g/mol. The largest absolute Gasteiger partial charge is 0.480 e. The van der Waals surface area contributed by atoms with E-state index in [1.807, 2.05) is 25.7 Å². The first-order chi connectivity index (χ1) is 9.78. The Balaban J connectivity index is 2.24. The van der Waals surface area contributed by atoms with Gasteiger partial charge >= 0.3 is 11.9 Å². The van der Waals surface area contributed by atoms with E-state index in [4.69, 9.17) is 9.84 Å². The van der Waals surface area contributed by atoms with Crippen molar-refractivity contribution in [2.45, 2.75) is 58.1 Å². The molecule has 0 saturated carbocycles. The molecule has 6 heteroatoms. The highest BCUT2D eigenvalue weighted by atomic mass is 16.6. The molecule has 6 nitrogen and oxygen atoms in total. The Bertz CT molecular complexity index is 352. The molecule has 0 spiro atoms. The second kappa shape index (κ2) is 8.34. The summed E-state index contributed by atoms with van der Waals surface area (Å²) in [5.74, 6) is -0.989. The molecule has 0 aliphatic carbocycles. The molecule has 1 aliphatic rings. The second-order valence-corrected chi connectivity index (χ2v) is 6.55. The third kappa shape index (κ3) is 8.02. The van der Waals surface area contributed by atoms with Gasteiger partial charge in [0.05, 0.1) is 13.0 Å². The van der Waals surface area contributed by atoms with Gasteiger partial charge in [-0.2, -0.15) is 0 Å². The van der Waals surface area contributed by atoms with Crippen molar-refractivity contribution in [1.82, 2.24) is 10.2 Å². The molecule has 1 atom stereocenters. The van der Waals surface area contributed by atoms with Crippen LogP contribution in [0.4, 0.5) is 0 Å². The lowest BCUT2D eigenvalue weighted by molar-refractivity contribution is -0.154. The lowest BCUT2D eigenvalue weighted by atomic mass is 10.0. The predicted molar refractivity (Wildman–Crippen MR) is 80.2 cm³/mol. The summed E-state index contributed by atoms with van der Waals surface area (Å²) in [6.45, 7) is 7.77. The molecule has 0 radical (unpaired) electrons. The molecule has 0 amide bonds. The highest BCUT2D eigenvalue weighted by Gasteiger charge is 2.23. The number of ether oxygens (including phenoxy) is 1. The van der Waals surface area contributed by atoms with E-state index in [0.717, 1.165) is 32.4 Å². The molecular formula is C15H28N2O4. The summed E-state index contributed by atoms with van der Waals surface area (Å²) in [5, 5.41) is 12.2. The van der Waals surface area contributed by atoms with Crippen LogP contribution >= 0.6 is 0 Å². The second-order valence-electron chi connectivity index (χ2n) is 6.55. The quantitative estimate of drug-likeness (QED) is 0.544. The van der Waals surface area contributed by atoms with E-state index >= 15 is 0 Å². The van der Waals surface area contributed by atoms with Gasteiger partial charge in [-0.3, -0.25) is 14.5 Å². The highest BCUT2D eigenvalue weighted by molar-refractivity contribution is 5.70. The normalized spacial score (nSPS) is 20.2. The fraction of sp³-hybridized carbons (Fsp3) is 0.867. The highest BCUT2D eigenvalue weighted by Crippen LogP contribution is 2.16. The first-order valence-electron chi connectivity index (χ1n) is 7.66. The summed E-state index contributed by atoms with van der Waals surface area (Å²) in [5.41, 5.74) is -0.446. The number of carbonyl (C=O) groups excluding carboxylic acids is 1. The molecule has 1 rings (SSSR count). The average molecular weight is 300 g/mol. The maximum Gasteiger partial charge on any atom is 0.317 e. The number of carbonyl (C=O) groups is 2. The van der Waals surface area contributed by atoms with E-state index < -0.39 is 11.6 Å². The van der Waals surface area contributed by atoms with E-state index in [2.05, 4.69) is 5.32 Å². The van der Waals surface area contributed by atoms with Crippen LogP contribution in [-0.4, -0.2) is 59.8 Å². The van der Waals surface area contributed by atoms with Gasteiger partial charge < -0.3 is 15.2 Å². The van der Waals surface area contributed by atoms with E-state index in [1.54, 1.807) is 0 Å². The van der Waals surface area contributed by atoms with Crippen LogP contribution in [0.5, 0.6) is 0 Å². The number of carboxylic acid groups (broad SMARTS) is 1. The number of aliphatic carboxylic acids is 1. The van der Waals surface area contributed by atoms with Gasteiger partial charge in [0.1, 0.15) is 5.60 Å². The molecular weight excluding hydrogens is 272 g/mol. The first kappa shape index (κ1) is 17.9. The minimum Gasteiger partial charge on any atom is -0.480 e. The summed E-state index contributed by atoms with van der Waals surface area (Å²) in [6, 6.07) is 0.244. The fourth-order valence-electron chi connectivity index (χ4n) is 2.52. The van der Waals surface area contributed by atoms with E-state index in [-0.39, 0.29) is 18.6 Å². The predicted octanol–water partition coefficient (Wildman–Crippen LogP) is 1.25. The Morgan fingerprint density at radius 3 is 2.67 bits per heavy atom. The van der Waals surface area contributed by atoms with Crippen LogP contribution in [0.25, 0.3) is 0 Å². The summed E-state index contributed by atoms with van der Waals surface area (Å²) < 4.78 is 5.24. The third-order valence-corrected chi connectivity index (χ3v) is 3.39. The summed E-state index contributed by atoms with van der Waals surface area (Å²) in [6.07, 6.45) is 3.53. The molecule has 2 N–H and O–H groups in total. The van der Waals surface area contributed by atoms with Crippen LogP contribution in [0.2, 0.25) is 0 Å². The van der Waals surface area contributed by atoms with E-state index in [0.29, 0.717) is 13.0 Å². The molecule has 0 aromatic heterocycles. The minimum absolute atomic E-state index is 0.0956. The van der Waals surface area contributed by atoms with Crippen molar-refractivity contribution in [2.75, 3.05) is 26.2 Å². The van der Waals surface area contributed by atoms with Gasteiger partial charge in [0.15, 0.2) is 0 Å². The number of likely N-dealkylation sites (tertiary alicyclic amines) is 1. The average Bonchev–Trinajstić information content (AvgIpc) is 2.33. The number of hydrogen-bond acceptors (Lipinski definition) is 5. The Kier molecular flexibility index (Phi) is 7.11. The van der Waals surface area contributed by atoms with Gasteiger partial charge in [-0.1, -0.05) is 6.42 Å². The molecule has 0 aromatic rings. The van der Waals surface area contributed by atoms with Crippen molar-refractivity contribution in [3.63, 3.8) is 0 Å². The van der Waals surface area contributed by atoms with Crippen molar-refractivity contribution < 1.29 is 19.4 Å². The molecule has 0 aromatic carbocycles. The van der Waals surface area contributed by atoms with Crippen LogP contribution in [-0.2, 0) is 14.3 Å². The van der Waals surface area contributed by atoms with Crippen LogP contribution in [0.1, 0.15) is 46.5 Å². The lowest BCUT2D eigenvalue weighted by Crippen LogP contribution is -2.47. The molecule has 1 aliphatic heterocycles. The van der Waals surface area contributed by atoms with Crippen molar-refractivity contribution in [2.24, 2.45) is 0 Å². The zero-order valence-corrected chi connectivity index (χ0v) is 13.4. The molecule has 0 bridgehead atoms. The standard InChI is InChI=1S/C15H28N2O4/c1-15(2,3)21-14(20)7-8-16-10-12-6-4-5-9-17(12)11-13(18)19/h12,16H,4-11H2,1-3H3,(H,18,19). The smallest absolute Gasteiger partial charge is 0.317 e. The van der Waals surface area contributed by atoms with Gasteiger partial charge in [-0.25, -0.2) is 0 Å². The summed E-state index contributed by atoms with van der Waals surface area (Å²) >= 11 is 0. The Morgan fingerprint density at radius 1 is 1.33 bits per heavy atom. The van der Waals surface area contributed by atoms with Crippen molar-refractivity contribution in [3.8, 4) is 0 Å². The summed E-state index contributed by atoms with van der Waals surface area (Å²) in [7, 11) is 0. The molecule has 1 fully saturated rings. The van der Waals surface area contributed by atoms with Crippen molar-refractivity contribution in [3.05, 3.63) is 0 Å². The maximum absolute atomic E-state index is 11.6. The zero-order chi connectivity index (χ0) is 15.9. The molecule has 1 saturated heterocycles. The number of nitrogens with one attached hydrogen (secondary N) is 1. The first-order valence-corrected chi connectivity index (χ1v) is 7.66. The fourth-order valence-corrected chi connectivity index (χ4v) is 2.52. The minimum atomic E-state index is -0.782. The Hall–Kier alpha value is -1.14. The molecule has 122 valence electrons. The van der Waals surface area contributed by atoms with Crippen LogP contribution in [0.15, 0.2) is 0 Å². The SMILES string of the molecule is CC(C)(C)OC(=O)CCNCC1CCCCN1CC(=O)O. The molecule has 1 heterocycles. The number of carboxylic acids is 1. The summed E-state index contributed by atoms with van der Waals surface area (Å²) in [4.78, 5) is 24.4. The molecule has 1 unspecified atom stereocenters. The number of nitrogens with zero attached hydrogens (tertiary/aromatic N) is 1. The van der Waals surface area contributed by atoms with Gasteiger partial charge in [-0.05, 0) is 40.2 Å². The van der Waals surface area contributed by atoms with Gasteiger partial charge in [0, 0.05) is 19.1 Å². The Morgan fingerprint density at radius 2 is 2.05 bits per heavy atom. The van der Waals surface area contributed by atoms with Crippen LogP contribution in [0.3, 0.4) is 0 Å². The number of piperidine rings is 1. The van der Waals surface area contributed by atoms with Gasteiger partial charge in [-0.15, -0.1) is 0 Å². The van der Waals surface area contributed by atoms with Crippen LogP contribution in [0, 0.1) is 0 Å². The number of rotatable bonds is 7. The van der Waals surface area contributed by atoms with Gasteiger partial charge in [0.2, 0.25) is 0 Å². The Labute approximate surface area is 126 Å².